The average molecular weight is 213 g/mol. The van der Waals surface area contributed by atoms with E-state index in [0.29, 0.717) is 0 Å². The molecule has 1 aromatic heterocycles. The standard InChI is InChI=1S/C10H15NO2S/c1-7(11-6-10(12)13)5-9-4-3-8(2)14-9/h3-4,7,11H,5-6H2,1-2H3,(H,12,13). The summed E-state index contributed by atoms with van der Waals surface area (Å²) in [7, 11) is 0. The maximum Gasteiger partial charge on any atom is 0.317 e. The predicted molar refractivity (Wildman–Crippen MR) is 57.9 cm³/mol. The first kappa shape index (κ1) is 11.2. The summed E-state index contributed by atoms with van der Waals surface area (Å²) >= 11 is 1.76. The van der Waals surface area contributed by atoms with Crippen molar-refractivity contribution in [1.29, 1.82) is 0 Å². The highest BCUT2D eigenvalue weighted by atomic mass is 32.1. The molecular weight excluding hydrogens is 198 g/mol. The fourth-order valence-electron chi connectivity index (χ4n) is 1.23. The third-order valence-electron chi connectivity index (χ3n) is 1.91. The van der Waals surface area contributed by atoms with Gasteiger partial charge < -0.3 is 10.4 Å². The molecule has 4 heteroatoms. The lowest BCUT2D eigenvalue weighted by Crippen LogP contribution is -2.32. The molecule has 2 N–H and O–H groups in total. The molecule has 1 rings (SSSR count). The molecule has 0 radical (unpaired) electrons. The number of carbonyl (C=O) groups is 1. The van der Waals surface area contributed by atoms with E-state index in [1.54, 1.807) is 11.3 Å². The summed E-state index contributed by atoms with van der Waals surface area (Å²) in [6, 6.07) is 4.40. The van der Waals surface area contributed by atoms with Crippen molar-refractivity contribution >= 4 is 17.3 Å². The maximum atomic E-state index is 10.3. The van der Waals surface area contributed by atoms with E-state index in [4.69, 9.17) is 5.11 Å². The molecule has 14 heavy (non-hydrogen) atoms. The van der Waals surface area contributed by atoms with Gasteiger partial charge in [-0.3, -0.25) is 4.79 Å². The van der Waals surface area contributed by atoms with E-state index in [1.165, 1.54) is 9.75 Å². The van der Waals surface area contributed by atoms with Crippen LogP contribution in [0.1, 0.15) is 16.7 Å². The van der Waals surface area contributed by atoms with Crippen LogP contribution in [-0.4, -0.2) is 23.7 Å². The maximum absolute atomic E-state index is 10.3. The molecule has 1 unspecified atom stereocenters. The molecule has 0 fully saturated rings. The van der Waals surface area contributed by atoms with Crippen LogP contribution in [0, 0.1) is 6.92 Å². The number of carboxylic acids is 1. The lowest BCUT2D eigenvalue weighted by atomic mass is 10.2. The zero-order chi connectivity index (χ0) is 10.6. The number of hydrogen-bond donors (Lipinski definition) is 2. The fraction of sp³-hybridized carbons (Fsp3) is 0.500. The molecule has 0 aliphatic rings. The minimum atomic E-state index is -0.806. The molecule has 0 aromatic carbocycles. The summed E-state index contributed by atoms with van der Waals surface area (Å²) in [6.45, 7) is 4.10. The van der Waals surface area contributed by atoms with Crippen LogP contribution in [0.2, 0.25) is 0 Å². The van der Waals surface area contributed by atoms with Crippen molar-refractivity contribution < 1.29 is 9.90 Å². The van der Waals surface area contributed by atoms with Crippen molar-refractivity contribution in [2.45, 2.75) is 26.3 Å². The minimum Gasteiger partial charge on any atom is -0.480 e. The van der Waals surface area contributed by atoms with Crippen molar-refractivity contribution in [3.63, 3.8) is 0 Å². The summed E-state index contributed by atoms with van der Waals surface area (Å²) in [5.41, 5.74) is 0. The molecule has 1 aromatic rings. The normalized spacial score (nSPS) is 12.7. The van der Waals surface area contributed by atoms with Gasteiger partial charge in [0.2, 0.25) is 0 Å². The molecule has 3 nitrogen and oxygen atoms in total. The molecule has 0 saturated heterocycles. The van der Waals surface area contributed by atoms with Gasteiger partial charge in [-0.15, -0.1) is 11.3 Å². The van der Waals surface area contributed by atoms with Crippen LogP contribution >= 0.6 is 11.3 Å². The molecule has 0 saturated carbocycles. The van der Waals surface area contributed by atoms with Gasteiger partial charge in [0.25, 0.3) is 0 Å². The SMILES string of the molecule is Cc1ccc(CC(C)NCC(=O)O)s1. The van der Waals surface area contributed by atoms with Crippen molar-refractivity contribution in [2.24, 2.45) is 0 Å². The quantitative estimate of drug-likeness (QED) is 0.782. The summed E-state index contributed by atoms with van der Waals surface area (Å²) in [5.74, 6) is -0.806. The minimum absolute atomic E-state index is 0.0333. The van der Waals surface area contributed by atoms with Crippen LogP contribution in [0.5, 0.6) is 0 Å². The second-order valence-electron chi connectivity index (χ2n) is 3.39. The van der Waals surface area contributed by atoms with Crippen LogP contribution in [0.3, 0.4) is 0 Å². The van der Waals surface area contributed by atoms with E-state index < -0.39 is 5.97 Å². The van der Waals surface area contributed by atoms with Gasteiger partial charge in [-0.05, 0) is 32.4 Å². The Balaban J connectivity index is 2.33. The third-order valence-corrected chi connectivity index (χ3v) is 2.93. The summed E-state index contributed by atoms with van der Waals surface area (Å²) < 4.78 is 0. The zero-order valence-corrected chi connectivity index (χ0v) is 9.23. The fourth-order valence-corrected chi connectivity index (χ4v) is 2.25. The molecule has 1 atom stereocenters. The number of aryl methyl sites for hydroxylation is 1. The number of nitrogens with one attached hydrogen (secondary N) is 1. The summed E-state index contributed by atoms with van der Waals surface area (Å²) in [4.78, 5) is 12.9. The Labute approximate surface area is 87.8 Å². The molecule has 0 amide bonds. The van der Waals surface area contributed by atoms with E-state index in [9.17, 15) is 4.79 Å². The smallest absolute Gasteiger partial charge is 0.317 e. The first-order valence-electron chi connectivity index (χ1n) is 4.58. The monoisotopic (exact) mass is 213 g/mol. The van der Waals surface area contributed by atoms with Crippen LogP contribution in [0.15, 0.2) is 12.1 Å². The van der Waals surface area contributed by atoms with Crippen molar-refractivity contribution in [1.82, 2.24) is 5.32 Å². The van der Waals surface area contributed by atoms with Gasteiger partial charge in [-0.25, -0.2) is 0 Å². The Bertz CT molecular complexity index is 309. The Morgan fingerprint density at radius 3 is 2.86 bits per heavy atom. The predicted octanol–water partition coefficient (Wildman–Crippen LogP) is 1.66. The Morgan fingerprint density at radius 1 is 1.64 bits per heavy atom. The summed E-state index contributed by atoms with van der Waals surface area (Å²) in [5, 5.41) is 11.4. The topological polar surface area (TPSA) is 49.3 Å². The van der Waals surface area contributed by atoms with Gasteiger partial charge >= 0.3 is 5.97 Å². The third kappa shape index (κ3) is 3.89. The molecule has 0 spiro atoms. The van der Waals surface area contributed by atoms with Gasteiger partial charge in [0.1, 0.15) is 0 Å². The van der Waals surface area contributed by atoms with Crippen LogP contribution in [-0.2, 0) is 11.2 Å². The van der Waals surface area contributed by atoms with E-state index in [-0.39, 0.29) is 12.6 Å². The highest BCUT2D eigenvalue weighted by Crippen LogP contribution is 2.16. The van der Waals surface area contributed by atoms with Crippen molar-refractivity contribution in [2.75, 3.05) is 6.54 Å². The highest BCUT2D eigenvalue weighted by Gasteiger charge is 2.06. The lowest BCUT2D eigenvalue weighted by Gasteiger charge is -2.10. The number of rotatable bonds is 5. The van der Waals surface area contributed by atoms with E-state index in [1.807, 2.05) is 6.92 Å². The Hall–Kier alpha value is -0.870. The number of thiophene rings is 1. The largest absolute Gasteiger partial charge is 0.480 e. The zero-order valence-electron chi connectivity index (χ0n) is 8.41. The van der Waals surface area contributed by atoms with Crippen LogP contribution in [0.25, 0.3) is 0 Å². The second kappa shape index (κ2) is 5.12. The van der Waals surface area contributed by atoms with Gasteiger partial charge in [0.15, 0.2) is 0 Å². The highest BCUT2D eigenvalue weighted by molar-refractivity contribution is 7.11. The first-order chi connectivity index (χ1) is 6.58. The summed E-state index contributed by atoms with van der Waals surface area (Å²) in [6.07, 6.45) is 0.895. The van der Waals surface area contributed by atoms with Gasteiger partial charge in [0, 0.05) is 15.8 Å². The van der Waals surface area contributed by atoms with Gasteiger partial charge in [0.05, 0.1) is 6.54 Å². The van der Waals surface area contributed by atoms with E-state index in [0.717, 1.165) is 6.42 Å². The first-order valence-corrected chi connectivity index (χ1v) is 5.40. The average Bonchev–Trinajstić information content (AvgIpc) is 2.48. The number of aliphatic carboxylic acids is 1. The number of hydrogen-bond acceptors (Lipinski definition) is 3. The number of carboxylic acid groups (broad SMARTS) is 1. The molecular formula is C10H15NO2S. The van der Waals surface area contributed by atoms with Crippen LogP contribution < -0.4 is 5.32 Å². The van der Waals surface area contributed by atoms with Gasteiger partial charge in [-0.1, -0.05) is 0 Å². The molecule has 78 valence electrons. The van der Waals surface area contributed by atoms with Gasteiger partial charge in [-0.2, -0.15) is 0 Å². The Morgan fingerprint density at radius 2 is 2.36 bits per heavy atom. The van der Waals surface area contributed by atoms with E-state index >= 15 is 0 Å². The molecule has 0 aliphatic carbocycles. The molecule has 0 aliphatic heterocycles. The lowest BCUT2D eigenvalue weighted by molar-refractivity contribution is -0.136. The molecule has 0 bridgehead atoms. The van der Waals surface area contributed by atoms with E-state index in [2.05, 4.69) is 24.4 Å². The van der Waals surface area contributed by atoms with Crippen molar-refractivity contribution in [3.8, 4) is 0 Å². The van der Waals surface area contributed by atoms with Crippen molar-refractivity contribution in [3.05, 3.63) is 21.9 Å². The Kier molecular flexibility index (Phi) is 4.10. The molecule has 1 heterocycles. The second-order valence-corrected chi connectivity index (χ2v) is 4.76. The van der Waals surface area contributed by atoms with Crippen LogP contribution in [0.4, 0.5) is 0 Å².